The molecular weight excluding hydrogens is 198 g/mol. The zero-order valence-electron chi connectivity index (χ0n) is 7.67. The first-order chi connectivity index (χ1) is 7.16. The summed E-state index contributed by atoms with van der Waals surface area (Å²) in [5.41, 5.74) is 0.690. The van der Waals surface area contributed by atoms with E-state index in [4.69, 9.17) is 4.74 Å². The maximum atomic E-state index is 10.8. The third kappa shape index (κ3) is 1.85. The van der Waals surface area contributed by atoms with Crippen LogP contribution in [0.1, 0.15) is 12.0 Å². The maximum absolute atomic E-state index is 10.8. The van der Waals surface area contributed by atoms with E-state index < -0.39 is 4.92 Å². The Labute approximate surface area is 85.1 Å². The van der Waals surface area contributed by atoms with E-state index in [2.05, 4.69) is 0 Å². The molecule has 15 heavy (non-hydrogen) atoms. The molecule has 0 fully saturated rings. The summed E-state index contributed by atoms with van der Waals surface area (Å²) in [6.45, 7) is 0. The van der Waals surface area contributed by atoms with Gasteiger partial charge in [0.1, 0.15) is 5.76 Å². The van der Waals surface area contributed by atoms with Crippen LogP contribution in [0.5, 0.6) is 0 Å². The number of carbonyl (C=O) groups is 1. The van der Waals surface area contributed by atoms with E-state index >= 15 is 0 Å². The number of ether oxygens (including phenoxy) is 1. The number of hydrogen-bond acceptors (Lipinski definition) is 4. The van der Waals surface area contributed by atoms with Crippen molar-refractivity contribution in [1.29, 1.82) is 0 Å². The van der Waals surface area contributed by atoms with Crippen molar-refractivity contribution in [3.8, 4) is 0 Å². The fourth-order valence-corrected chi connectivity index (χ4v) is 1.31. The average Bonchev–Trinajstić information content (AvgIpc) is 2.65. The van der Waals surface area contributed by atoms with Gasteiger partial charge in [0.05, 0.1) is 11.3 Å². The number of nitro benzene ring substituents is 1. The second kappa shape index (κ2) is 3.53. The van der Waals surface area contributed by atoms with Crippen molar-refractivity contribution in [2.75, 3.05) is 0 Å². The topological polar surface area (TPSA) is 69.4 Å². The monoisotopic (exact) mass is 205 g/mol. The Hall–Kier alpha value is -2.17. The number of hydrogen-bond donors (Lipinski definition) is 0. The SMILES string of the molecule is O=C1CC=C(c2ccc([N+](=O)[O-])cc2)O1. The van der Waals surface area contributed by atoms with Gasteiger partial charge in [0, 0.05) is 17.7 Å². The predicted octanol–water partition coefficient (Wildman–Crippen LogP) is 1.88. The lowest BCUT2D eigenvalue weighted by atomic mass is 10.1. The molecule has 2 rings (SSSR count). The van der Waals surface area contributed by atoms with Crippen LogP contribution in [0.15, 0.2) is 30.3 Å². The lowest BCUT2D eigenvalue weighted by molar-refractivity contribution is -0.384. The van der Waals surface area contributed by atoms with Crippen molar-refractivity contribution >= 4 is 17.4 Å². The van der Waals surface area contributed by atoms with Gasteiger partial charge in [0.2, 0.25) is 0 Å². The van der Waals surface area contributed by atoms with Crippen molar-refractivity contribution in [2.24, 2.45) is 0 Å². The van der Waals surface area contributed by atoms with Gasteiger partial charge in [-0.2, -0.15) is 0 Å². The van der Waals surface area contributed by atoms with Crippen LogP contribution in [0.4, 0.5) is 5.69 Å². The Morgan fingerprint density at radius 1 is 1.27 bits per heavy atom. The molecule has 5 heteroatoms. The average molecular weight is 205 g/mol. The van der Waals surface area contributed by atoms with Crippen LogP contribution in [0.3, 0.4) is 0 Å². The minimum Gasteiger partial charge on any atom is -0.426 e. The third-order valence-corrected chi connectivity index (χ3v) is 2.04. The summed E-state index contributed by atoms with van der Waals surface area (Å²) >= 11 is 0. The Bertz CT molecular complexity index is 447. The molecule has 0 bridgehead atoms. The first-order valence-electron chi connectivity index (χ1n) is 4.32. The molecule has 0 aliphatic carbocycles. The first-order valence-corrected chi connectivity index (χ1v) is 4.32. The molecule has 5 nitrogen and oxygen atoms in total. The Morgan fingerprint density at radius 3 is 2.40 bits per heavy atom. The molecule has 0 amide bonds. The van der Waals surface area contributed by atoms with Crippen molar-refractivity contribution in [2.45, 2.75) is 6.42 Å². The van der Waals surface area contributed by atoms with Gasteiger partial charge in [-0.05, 0) is 18.2 Å². The number of rotatable bonds is 2. The first kappa shape index (κ1) is 9.39. The summed E-state index contributed by atoms with van der Waals surface area (Å²) < 4.78 is 4.90. The van der Waals surface area contributed by atoms with E-state index in [9.17, 15) is 14.9 Å². The Balaban J connectivity index is 2.24. The lowest BCUT2D eigenvalue weighted by Gasteiger charge is -2.01. The zero-order chi connectivity index (χ0) is 10.8. The van der Waals surface area contributed by atoms with Crippen LogP contribution in [-0.2, 0) is 9.53 Å². The van der Waals surface area contributed by atoms with Crippen LogP contribution >= 0.6 is 0 Å². The number of non-ortho nitro benzene ring substituents is 1. The molecule has 1 aromatic rings. The predicted molar refractivity (Wildman–Crippen MR) is 51.8 cm³/mol. The Kier molecular flexibility index (Phi) is 2.21. The molecule has 0 saturated carbocycles. The summed E-state index contributed by atoms with van der Waals surface area (Å²) in [6.07, 6.45) is 1.91. The fourth-order valence-electron chi connectivity index (χ4n) is 1.31. The highest BCUT2D eigenvalue weighted by Crippen LogP contribution is 2.24. The van der Waals surface area contributed by atoms with Crippen molar-refractivity contribution in [1.82, 2.24) is 0 Å². The highest BCUT2D eigenvalue weighted by Gasteiger charge is 2.16. The third-order valence-electron chi connectivity index (χ3n) is 2.04. The van der Waals surface area contributed by atoms with Gasteiger partial charge in [0.15, 0.2) is 0 Å². The number of benzene rings is 1. The molecule has 0 radical (unpaired) electrons. The molecule has 0 saturated heterocycles. The van der Waals surface area contributed by atoms with Crippen LogP contribution in [-0.4, -0.2) is 10.9 Å². The summed E-state index contributed by atoms with van der Waals surface area (Å²) in [5, 5.41) is 10.4. The minimum atomic E-state index is -0.473. The largest absolute Gasteiger partial charge is 0.426 e. The Morgan fingerprint density at radius 2 is 1.93 bits per heavy atom. The summed E-state index contributed by atoms with van der Waals surface area (Å²) in [4.78, 5) is 20.7. The number of carbonyl (C=O) groups excluding carboxylic acids is 1. The van der Waals surface area contributed by atoms with Gasteiger partial charge in [-0.25, -0.2) is 0 Å². The quantitative estimate of drug-likeness (QED) is 0.420. The normalized spacial score (nSPS) is 14.7. The van der Waals surface area contributed by atoms with Gasteiger partial charge in [-0.3, -0.25) is 14.9 Å². The summed E-state index contributed by atoms with van der Waals surface area (Å²) in [5.74, 6) is 0.165. The molecule has 0 spiro atoms. The standard InChI is InChI=1S/C10H7NO4/c12-10-6-5-9(15-10)7-1-3-8(4-2-7)11(13)14/h1-5H,6H2. The summed E-state index contributed by atoms with van der Waals surface area (Å²) in [6, 6.07) is 5.87. The van der Waals surface area contributed by atoms with Crippen molar-refractivity contribution in [3.05, 3.63) is 46.0 Å². The highest BCUT2D eigenvalue weighted by molar-refractivity contribution is 5.85. The smallest absolute Gasteiger partial charge is 0.315 e. The van der Waals surface area contributed by atoms with E-state index in [1.807, 2.05) is 0 Å². The molecule has 0 N–H and O–H groups in total. The van der Waals surface area contributed by atoms with Crippen LogP contribution in [0.2, 0.25) is 0 Å². The highest BCUT2D eigenvalue weighted by atomic mass is 16.6. The fraction of sp³-hybridized carbons (Fsp3) is 0.100. The summed E-state index contributed by atoms with van der Waals surface area (Å²) in [7, 11) is 0. The van der Waals surface area contributed by atoms with Crippen LogP contribution in [0.25, 0.3) is 5.76 Å². The van der Waals surface area contributed by atoms with E-state index in [1.165, 1.54) is 12.1 Å². The second-order valence-corrected chi connectivity index (χ2v) is 3.05. The maximum Gasteiger partial charge on any atom is 0.315 e. The van der Waals surface area contributed by atoms with E-state index in [-0.39, 0.29) is 18.1 Å². The van der Waals surface area contributed by atoms with E-state index in [0.29, 0.717) is 11.3 Å². The molecule has 0 unspecified atom stereocenters. The van der Waals surface area contributed by atoms with Crippen molar-refractivity contribution in [3.63, 3.8) is 0 Å². The van der Waals surface area contributed by atoms with Crippen LogP contribution in [0, 0.1) is 10.1 Å². The van der Waals surface area contributed by atoms with Gasteiger partial charge >= 0.3 is 5.97 Å². The van der Waals surface area contributed by atoms with Gasteiger partial charge in [-0.1, -0.05) is 0 Å². The lowest BCUT2D eigenvalue weighted by Crippen LogP contribution is -1.94. The van der Waals surface area contributed by atoms with Crippen LogP contribution < -0.4 is 0 Å². The van der Waals surface area contributed by atoms with E-state index in [1.54, 1.807) is 18.2 Å². The van der Waals surface area contributed by atoms with Crippen molar-refractivity contribution < 1.29 is 14.5 Å². The van der Waals surface area contributed by atoms with Gasteiger partial charge < -0.3 is 4.74 Å². The molecule has 1 aliphatic rings. The molecule has 76 valence electrons. The molecule has 1 heterocycles. The number of nitrogens with zero attached hydrogens (tertiary/aromatic N) is 1. The number of nitro groups is 1. The minimum absolute atomic E-state index is 0.0173. The zero-order valence-corrected chi connectivity index (χ0v) is 7.67. The molecule has 1 aliphatic heterocycles. The molecular formula is C10H7NO4. The number of esters is 1. The van der Waals surface area contributed by atoms with E-state index in [0.717, 1.165) is 0 Å². The molecule has 0 aromatic heterocycles. The second-order valence-electron chi connectivity index (χ2n) is 3.05. The molecule has 0 atom stereocenters. The van der Waals surface area contributed by atoms with Gasteiger partial charge in [0.25, 0.3) is 5.69 Å². The van der Waals surface area contributed by atoms with Gasteiger partial charge in [-0.15, -0.1) is 0 Å². The molecule has 1 aromatic carbocycles. The number of cyclic esters (lactones) is 1.